The molecule has 1 aliphatic heterocycles. The molecule has 0 aliphatic carbocycles. The van der Waals surface area contributed by atoms with E-state index in [-0.39, 0.29) is 36.3 Å². The summed E-state index contributed by atoms with van der Waals surface area (Å²) in [4.78, 5) is 36.8. The fourth-order valence-electron chi connectivity index (χ4n) is 2.08. The van der Waals surface area contributed by atoms with Crippen molar-refractivity contribution in [3.63, 3.8) is 0 Å². The molecule has 1 saturated heterocycles. The molecule has 1 N–H and O–H groups in total. The van der Waals surface area contributed by atoms with Gasteiger partial charge in [0.25, 0.3) is 11.1 Å². The Morgan fingerprint density at radius 1 is 1.31 bits per heavy atom. The average molecular weight is 386 g/mol. The van der Waals surface area contributed by atoms with Gasteiger partial charge in [0, 0.05) is 20.2 Å². The standard InChI is InChI=1S/C16H16F2N2O5S/c1-24-9-13(21)19-6-7-20-14(22)12(26-16(20)23)8-10-2-4-11(5-3-10)25-15(17)18/h2-5,8,15H,6-7,9H2,1H3,(H,19,21). The van der Waals surface area contributed by atoms with Gasteiger partial charge in [-0.05, 0) is 35.5 Å². The van der Waals surface area contributed by atoms with Crippen LogP contribution in [0.3, 0.4) is 0 Å². The van der Waals surface area contributed by atoms with Gasteiger partial charge >= 0.3 is 6.61 Å². The third-order valence-electron chi connectivity index (χ3n) is 3.21. The van der Waals surface area contributed by atoms with E-state index in [1.165, 1.54) is 37.5 Å². The fraction of sp³-hybridized carbons (Fsp3) is 0.312. The van der Waals surface area contributed by atoms with Gasteiger partial charge < -0.3 is 14.8 Å². The first-order valence-electron chi connectivity index (χ1n) is 7.46. The number of carbonyl (C=O) groups excluding carboxylic acids is 3. The van der Waals surface area contributed by atoms with Crippen LogP contribution >= 0.6 is 11.8 Å². The number of hydrogen-bond acceptors (Lipinski definition) is 6. The highest BCUT2D eigenvalue weighted by atomic mass is 32.2. The summed E-state index contributed by atoms with van der Waals surface area (Å²) >= 11 is 0.770. The predicted molar refractivity (Wildman–Crippen MR) is 90.6 cm³/mol. The van der Waals surface area contributed by atoms with Crippen LogP contribution in [0.25, 0.3) is 6.08 Å². The SMILES string of the molecule is COCC(=O)NCCN1C(=O)SC(=Cc2ccc(OC(F)F)cc2)C1=O. The summed E-state index contributed by atoms with van der Waals surface area (Å²) < 4.78 is 33.1. The number of nitrogens with one attached hydrogen (secondary N) is 1. The van der Waals surface area contributed by atoms with Crippen LogP contribution in [0.5, 0.6) is 5.75 Å². The Morgan fingerprint density at radius 2 is 2.00 bits per heavy atom. The number of methoxy groups -OCH3 is 1. The number of ether oxygens (including phenoxy) is 2. The lowest BCUT2D eigenvalue weighted by Crippen LogP contribution is -2.38. The number of hydrogen-bond donors (Lipinski definition) is 1. The number of rotatable bonds is 8. The Kier molecular flexibility index (Phi) is 7.10. The third kappa shape index (κ3) is 5.53. The molecule has 1 heterocycles. The van der Waals surface area contributed by atoms with Crippen LogP contribution in [0.1, 0.15) is 5.56 Å². The summed E-state index contributed by atoms with van der Waals surface area (Å²) in [7, 11) is 1.38. The summed E-state index contributed by atoms with van der Waals surface area (Å²) in [6.45, 7) is -2.86. The number of amides is 3. The minimum absolute atomic E-state index is 0.00273. The maximum Gasteiger partial charge on any atom is 0.387 e. The highest BCUT2D eigenvalue weighted by molar-refractivity contribution is 8.18. The molecule has 1 aromatic carbocycles. The number of halogens is 2. The molecule has 2 rings (SSSR count). The molecule has 0 bridgehead atoms. The van der Waals surface area contributed by atoms with Crippen molar-refractivity contribution in [3.05, 3.63) is 34.7 Å². The zero-order valence-electron chi connectivity index (χ0n) is 13.7. The molecule has 140 valence electrons. The summed E-state index contributed by atoms with van der Waals surface area (Å²) in [5.41, 5.74) is 0.561. The molecule has 0 radical (unpaired) electrons. The first-order chi connectivity index (χ1) is 12.4. The number of imide groups is 1. The molecule has 3 amide bonds. The Bertz CT molecular complexity index is 709. The molecule has 0 saturated carbocycles. The predicted octanol–water partition coefficient (Wildman–Crippen LogP) is 2.09. The maximum absolute atomic E-state index is 12.3. The Labute approximate surface area is 152 Å². The maximum atomic E-state index is 12.3. The average Bonchev–Trinajstić information content (AvgIpc) is 2.84. The van der Waals surface area contributed by atoms with Gasteiger partial charge in [0.1, 0.15) is 12.4 Å². The first-order valence-corrected chi connectivity index (χ1v) is 8.28. The largest absolute Gasteiger partial charge is 0.435 e. The van der Waals surface area contributed by atoms with E-state index in [1.54, 1.807) is 0 Å². The van der Waals surface area contributed by atoms with E-state index in [9.17, 15) is 23.2 Å². The molecule has 26 heavy (non-hydrogen) atoms. The highest BCUT2D eigenvalue weighted by Crippen LogP contribution is 2.32. The summed E-state index contributed by atoms with van der Waals surface area (Å²) in [6.07, 6.45) is 1.49. The van der Waals surface area contributed by atoms with Crippen molar-refractivity contribution >= 4 is 34.9 Å². The van der Waals surface area contributed by atoms with E-state index >= 15 is 0 Å². The number of alkyl halides is 2. The van der Waals surface area contributed by atoms with Crippen molar-refractivity contribution in [2.75, 3.05) is 26.8 Å². The third-order valence-corrected chi connectivity index (χ3v) is 4.12. The van der Waals surface area contributed by atoms with E-state index < -0.39 is 17.8 Å². The van der Waals surface area contributed by atoms with Crippen molar-refractivity contribution in [2.45, 2.75) is 6.61 Å². The minimum Gasteiger partial charge on any atom is -0.435 e. The number of carbonyl (C=O) groups is 3. The van der Waals surface area contributed by atoms with E-state index in [1.807, 2.05) is 0 Å². The molecule has 0 unspecified atom stereocenters. The van der Waals surface area contributed by atoms with Crippen molar-refractivity contribution in [1.29, 1.82) is 0 Å². The van der Waals surface area contributed by atoms with E-state index in [4.69, 9.17) is 0 Å². The van der Waals surface area contributed by atoms with Gasteiger partial charge in [-0.1, -0.05) is 12.1 Å². The van der Waals surface area contributed by atoms with Gasteiger partial charge in [0.05, 0.1) is 4.91 Å². The second-order valence-electron chi connectivity index (χ2n) is 5.06. The number of benzene rings is 1. The minimum atomic E-state index is -2.92. The normalized spacial score (nSPS) is 15.8. The van der Waals surface area contributed by atoms with E-state index in [0.29, 0.717) is 5.56 Å². The fourth-order valence-corrected chi connectivity index (χ4v) is 2.94. The second-order valence-corrected chi connectivity index (χ2v) is 6.06. The van der Waals surface area contributed by atoms with Gasteiger partial charge in [-0.3, -0.25) is 19.3 Å². The van der Waals surface area contributed by atoms with Gasteiger partial charge in [-0.15, -0.1) is 0 Å². The molecule has 1 aliphatic rings. The Morgan fingerprint density at radius 3 is 2.62 bits per heavy atom. The lowest BCUT2D eigenvalue weighted by atomic mass is 10.2. The first kappa shape index (κ1) is 19.9. The summed E-state index contributed by atoms with van der Waals surface area (Å²) in [6, 6.07) is 5.68. The number of nitrogens with zero attached hydrogens (tertiary/aromatic N) is 1. The van der Waals surface area contributed by atoms with Crippen LogP contribution in [0.2, 0.25) is 0 Å². The van der Waals surface area contributed by atoms with Gasteiger partial charge in [0.15, 0.2) is 0 Å². The van der Waals surface area contributed by atoms with Crippen molar-refractivity contribution in [1.82, 2.24) is 10.2 Å². The van der Waals surface area contributed by atoms with Crippen LogP contribution < -0.4 is 10.1 Å². The van der Waals surface area contributed by atoms with Crippen molar-refractivity contribution in [3.8, 4) is 5.75 Å². The summed E-state index contributed by atoms with van der Waals surface area (Å²) in [5.74, 6) is -0.827. The van der Waals surface area contributed by atoms with Gasteiger partial charge in [-0.25, -0.2) is 0 Å². The molecule has 7 nitrogen and oxygen atoms in total. The molecule has 1 fully saturated rings. The van der Waals surface area contributed by atoms with Crippen LogP contribution in [0.15, 0.2) is 29.2 Å². The van der Waals surface area contributed by atoms with E-state index in [0.717, 1.165) is 16.7 Å². The molecular formula is C16H16F2N2O5S. The smallest absolute Gasteiger partial charge is 0.387 e. The molecule has 0 spiro atoms. The molecule has 0 aromatic heterocycles. The quantitative estimate of drug-likeness (QED) is 0.689. The molecule has 0 atom stereocenters. The molecular weight excluding hydrogens is 370 g/mol. The van der Waals surface area contributed by atoms with Crippen LogP contribution in [-0.4, -0.2) is 55.4 Å². The van der Waals surface area contributed by atoms with Crippen LogP contribution in [0, 0.1) is 0 Å². The topological polar surface area (TPSA) is 84.9 Å². The lowest BCUT2D eigenvalue weighted by molar-refractivity contribution is -0.126. The van der Waals surface area contributed by atoms with Gasteiger partial charge in [0.2, 0.25) is 5.91 Å². The van der Waals surface area contributed by atoms with Crippen molar-refractivity contribution in [2.24, 2.45) is 0 Å². The highest BCUT2D eigenvalue weighted by Gasteiger charge is 2.34. The molecule has 1 aromatic rings. The zero-order valence-corrected chi connectivity index (χ0v) is 14.6. The van der Waals surface area contributed by atoms with Crippen LogP contribution in [0.4, 0.5) is 13.6 Å². The Hall–Kier alpha value is -2.46. The van der Waals surface area contributed by atoms with E-state index in [2.05, 4.69) is 14.8 Å². The number of thioether (sulfide) groups is 1. The zero-order chi connectivity index (χ0) is 19.1. The summed E-state index contributed by atoms with van der Waals surface area (Å²) in [5, 5.41) is 2.08. The Balaban J connectivity index is 1.96. The van der Waals surface area contributed by atoms with Crippen molar-refractivity contribution < 1.29 is 32.6 Å². The lowest BCUT2D eigenvalue weighted by Gasteiger charge is -2.12. The monoisotopic (exact) mass is 386 g/mol. The second kappa shape index (κ2) is 9.30. The van der Waals surface area contributed by atoms with Crippen LogP contribution in [-0.2, 0) is 14.3 Å². The van der Waals surface area contributed by atoms with Gasteiger partial charge in [-0.2, -0.15) is 8.78 Å². The molecule has 10 heteroatoms.